The predicted molar refractivity (Wildman–Crippen MR) is 106 cm³/mol. The zero-order valence-electron chi connectivity index (χ0n) is 15.0. The number of benzene rings is 2. The Kier molecular flexibility index (Phi) is 7.52. The first-order valence-electron chi connectivity index (χ1n) is 8.02. The smallest absolute Gasteiger partial charge is 0.405 e. The van der Waals surface area contributed by atoms with Crippen LogP contribution in [-0.4, -0.2) is 22.9 Å². The number of nitrogens with zero attached hydrogens (tertiary/aromatic N) is 2. The van der Waals surface area contributed by atoms with E-state index >= 15 is 0 Å². The third-order valence-corrected chi connectivity index (χ3v) is 5.01. The number of alkyl halides is 3. The van der Waals surface area contributed by atoms with Gasteiger partial charge in [0.1, 0.15) is 11.3 Å². The lowest BCUT2D eigenvalue weighted by Crippen LogP contribution is -2.30. The monoisotopic (exact) mass is 504 g/mol. The Balaban J connectivity index is 2.35. The molecule has 30 heavy (non-hydrogen) atoms. The number of ether oxygens (including phenoxy) is 1. The van der Waals surface area contributed by atoms with Crippen molar-refractivity contribution in [3.8, 4) is 11.8 Å². The Morgan fingerprint density at radius 3 is 2.63 bits per heavy atom. The summed E-state index contributed by atoms with van der Waals surface area (Å²) >= 11 is 4.16. The minimum atomic E-state index is -5.06. The number of hydrogen-bond acceptors (Lipinski definition) is 7. The van der Waals surface area contributed by atoms with Gasteiger partial charge in [0, 0.05) is 17.0 Å². The normalized spacial score (nSPS) is 10.8. The Labute approximate surface area is 180 Å². The second kappa shape index (κ2) is 9.68. The second-order valence-electron chi connectivity index (χ2n) is 5.44. The van der Waals surface area contributed by atoms with Crippen LogP contribution in [0.4, 0.5) is 24.5 Å². The van der Waals surface area contributed by atoms with Crippen LogP contribution in [-0.2, 0) is 0 Å². The van der Waals surface area contributed by atoms with Gasteiger partial charge in [-0.2, -0.15) is 5.26 Å². The van der Waals surface area contributed by atoms with Crippen LogP contribution < -0.4 is 15.6 Å². The largest absolute Gasteiger partial charge is 0.573 e. The van der Waals surface area contributed by atoms with Crippen molar-refractivity contribution in [1.82, 2.24) is 5.43 Å². The number of nitro groups is 1. The van der Waals surface area contributed by atoms with Crippen molar-refractivity contribution >= 4 is 45.0 Å². The van der Waals surface area contributed by atoms with Crippen LogP contribution in [0.3, 0.4) is 0 Å². The lowest BCUT2D eigenvalue weighted by Gasteiger charge is -2.14. The molecule has 8 nitrogen and oxygen atoms in total. The van der Waals surface area contributed by atoms with Crippen LogP contribution in [0, 0.1) is 21.4 Å². The van der Waals surface area contributed by atoms with E-state index in [1.54, 1.807) is 12.1 Å². The molecule has 1 amide bonds. The van der Waals surface area contributed by atoms with Gasteiger partial charge in [-0.05, 0) is 39.9 Å². The van der Waals surface area contributed by atoms with E-state index in [0.717, 1.165) is 6.07 Å². The number of hydrazine groups is 1. The number of rotatable bonds is 7. The standard InChI is InChI=1S/C17H12BrF3N4O4S/c1-2-30-15-4-3-9(8-22)5-12(15)23-24-16(26)10-6-14(29-17(19,20)21)11(18)7-13(10)25(27)28/h3-7,23H,2H2,1H3,(H,24,26). The maximum absolute atomic E-state index is 12.6. The predicted octanol–water partition coefficient (Wildman–Crippen LogP) is 5.00. The Hall–Kier alpha value is -2.98. The molecule has 0 spiro atoms. The summed E-state index contributed by atoms with van der Waals surface area (Å²) in [5.41, 5.74) is 4.01. The number of halogens is 4. The molecule has 2 rings (SSSR count). The number of carbonyl (C=O) groups excluding carboxylic acids is 1. The third kappa shape index (κ3) is 6.01. The molecule has 158 valence electrons. The van der Waals surface area contributed by atoms with Gasteiger partial charge in [-0.15, -0.1) is 24.9 Å². The molecule has 0 unspecified atom stereocenters. The summed E-state index contributed by atoms with van der Waals surface area (Å²) < 4.78 is 41.1. The highest BCUT2D eigenvalue weighted by Gasteiger charge is 2.34. The molecule has 2 aromatic carbocycles. The molecule has 0 heterocycles. The molecule has 0 saturated heterocycles. The second-order valence-corrected chi connectivity index (χ2v) is 7.60. The van der Waals surface area contributed by atoms with Gasteiger partial charge in [-0.3, -0.25) is 25.8 Å². The van der Waals surface area contributed by atoms with Crippen molar-refractivity contribution in [2.24, 2.45) is 0 Å². The molecule has 0 saturated carbocycles. The van der Waals surface area contributed by atoms with Crippen molar-refractivity contribution in [2.45, 2.75) is 18.2 Å². The van der Waals surface area contributed by atoms with Gasteiger partial charge in [0.25, 0.3) is 11.6 Å². The summed E-state index contributed by atoms with van der Waals surface area (Å²) in [7, 11) is 0. The van der Waals surface area contributed by atoms with Crippen molar-refractivity contribution in [2.75, 3.05) is 11.2 Å². The average molecular weight is 505 g/mol. The van der Waals surface area contributed by atoms with E-state index in [1.165, 1.54) is 17.8 Å². The number of hydrogen-bond donors (Lipinski definition) is 2. The Bertz CT molecular complexity index is 1030. The molecule has 0 aliphatic rings. The summed E-state index contributed by atoms with van der Waals surface area (Å²) in [6.07, 6.45) is -5.06. The zero-order chi connectivity index (χ0) is 22.5. The first-order valence-corrected chi connectivity index (χ1v) is 9.80. The maximum atomic E-state index is 12.6. The number of nitrogens with one attached hydrogen (secondary N) is 2. The van der Waals surface area contributed by atoms with Gasteiger partial charge >= 0.3 is 6.36 Å². The van der Waals surface area contributed by atoms with Gasteiger partial charge in [0.05, 0.1) is 26.7 Å². The number of anilines is 1. The summed E-state index contributed by atoms with van der Waals surface area (Å²) in [6.45, 7) is 1.89. The molecule has 13 heteroatoms. The van der Waals surface area contributed by atoms with Crippen LogP contribution in [0.1, 0.15) is 22.8 Å². The van der Waals surface area contributed by atoms with E-state index in [0.29, 0.717) is 28.0 Å². The van der Waals surface area contributed by atoms with E-state index in [9.17, 15) is 28.1 Å². The molecule has 0 aliphatic heterocycles. The van der Waals surface area contributed by atoms with Crippen molar-refractivity contribution in [3.05, 3.63) is 56.0 Å². The van der Waals surface area contributed by atoms with Gasteiger partial charge in [-0.1, -0.05) is 6.92 Å². The fourth-order valence-corrected chi connectivity index (χ4v) is 3.40. The number of nitro benzene ring substituents is 1. The molecule has 2 N–H and O–H groups in total. The van der Waals surface area contributed by atoms with Gasteiger partial charge < -0.3 is 4.74 Å². The zero-order valence-corrected chi connectivity index (χ0v) is 17.4. The van der Waals surface area contributed by atoms with Crippen LogP contribution in [0.5, 0.6) is 5.75 Å². The van der Waals surface area contributed by atoms with E-state index in [4.69, 9.17) is 5.26 Å². The van der Waals surface area contributed by atoms with Crippen molar-refractivity contribution in [1.29, 1.82) is 5.26 Å². The molecule has 0 atom stereocenters. The fourth-order valence-electron chi connectivity index (χ4n) is 2.25. The average Bonchev–Trinajstić information content (AvgIpc) is 2.67. The molecule has 0 radical (unpaired) electrons. The van der Waals surface area contributed by atoms with Crippen LogP contribution in [0.2, 0.25) is 0 Å². The minimum absolute atomic E-state index is 0.294. The summed E-state index contributed by atoms with van der Waals surface area (Å²) in [5, 5.41) is 20.3. The SMILES string of the molecule is CCSc1ccc(C#N)cc1NNC(=O)c1cc(OC(F)(F)F)c(Br)cc1[N+](=O)[O-]. The molecule has 0 bridgehead atoms. The Morgan fingerprint density at radius 2 is 2.07 bits per heavy atom. The van der Waals surface area contributed by atoms with E-state index in [-0.39, 0.29) is 4.47 Å². The lowest BCUT2D eigenvalue weighted by atomic mass is 10.1. The fraction of sp³-hybridized carbons (Fsp3) is 0.176. The summed E-state index contributed by atoms with van der Waals surface area (Å²) in [6, 6.07) is 7.96. The van der Waals surface area contributed by atoms with E-state index in [2.05, 4.69) is 31.5 Å². The number of thioether (sulfide) groups is 1. The highest BCUT2D eigenvalue weighted by atomic mass is 79.9. The summed E-state index contributed by atoms with van der Waals surface area (Å²) in [5.74, 6) is -1.20. The van der Waals surface area contributed by atoms with Gasteiger partial charge in [0.15, 0.2) is 0 Å². The van der Waals surface area contributed by atoms with Gasteiger partial charge in [0.2, 0.25) is 0 Å². The van der Waals surface area contributed by atoms with Crippen LogP contribution in [0.15, 0.2) is 39.7 Å². The molecule has 0 aromatic heterocycles. The molecule has 0 fully saturated rings. The van der Waals surface area contributed by atoms with E-state index < -0.39 is 34.2 Å². The van der Waals surface area contributed by atoms with Crippen molar-refractivity contribution < 1.29 is 27.6 Å². The summed E-state index contributed by atoms with van der Waals surface area (Å²) in [4.78, 5) is 23.5. The number of amides is 1. The first-order chi connectivity index (χ1) is 14.1. The van der Waals surface area contributed by atoms with E-state index in [1.807, 2.05) is 13.0 Å². The molecular formula is C17H12BrF3N4O4S. The van der Waals surface area contributed by atoms with Crippen LogP contribution >= 0.6 is 27.7 Å². The quantitative estimate of drug-likeness (QED) is 0.309. The Morgan fingerprint density at radius 1 is 1.37 bits per heavy atom. The highest BCUT2D eigenvalue weighted by Crippen LogP contribution is 2.36. The number of carbonyl (C=O) groups is 1. The molecule has 0 aliphatic carbocycles. The van der Waals surface area contributed by atoms with Gasteiger partial charge in [-0.25, -0.2) is 0 Å². The molecular weight excluding hydrogens is 493 g/mol. The maximum Gasteiger partial charge on any atom is 0.573 e. The first kappa shape index (κ1) is 23.3. The topological polar surface area (TPSA) is 117 Å². The third-order valence-electron chi connectivity index (χ3n) is 3.44. The minimum Gasteiger partial charge on any atom is -0.405 e. The molecule has 2 aromatic rings. The number of nitriles is 1. The van der Waals surface area contributed by atoms with Crippen molar-refractivity contribution in [3.63, 3.8) is 0 Å². The lowest BCUT2D eigenvalue weighted by molar-refractivity contribution is -0.385. The highest BCUT2D eigenvalue weighted by molar-refractivity contribution is 9.10. The van der Waals surface area contributed by atoms with Crippen LogP contribution in [0.25, 0.3) is 0 Å².